The number of halogens is 2. The number of methoxy groups -OCH3 is 1. The van der Waals surface area contributed by atoms with Crippen molar-refractivity contribution in [1.29, 1.82) is 0 Å². The van der Waals surface area contributed by atoms with Gasteiger partial charge in [-0.15, -0.1) is 0 Å². The van der Waals surface area contributed by atoms with E-state index in [0.717, 1.165) is 6.07 Å². The number of ether oxygens (including phenoxy) is 1. The first kappa shape index (κ1) is 26.0. The number of H-pyrrole nitrogens is 1. The average molecular weight is 543 g/mol. The number of nitrogens with zero attached hydrogens (tertiary/aromatic N) is 1. The second-order valence-corrected chi connectivity index (χ2v) is 10.3. The molecule has 0 aliphatic carbocycles. The zero-order chi connectivity index (χ0) is 25.7. The molecule has 1 unspecified atom stereocenters. The maximum absolute atomic E-state index is 13.4. The summed E-state index contributed by atoms with van der Waals surface area (Å²) in [4.78, 5) is 45.0. The van der Waals surface area contributed by atoms with E-state index in [1.54, 1.807) is 32.9 Å². The van der Waals surface area contributed by atoms with E-state index < -0.39 is 39.3 Å². The fraction of sp³-hybridized carbons (Fsp3) is 0.200. The number of esters is 1. The van der Waals surface area contributed by atoms with Gasteiger partial charge in [-0.2, -0.15) is 0 Å². The summed E-state index contributed by atoms with van der Waals surface area (Å²) >= 11 is -1.23. The van der Waals surface area contributed by atoms with Crippen LogP contribution in [0.5, 0.6) is 0 Å². The van der Waals surface area contributed by atoms with Crippen LogP contribution in [0.15, 0.2) is 42.4 Å². The molecule has 3 aromatic rings. The van der Waals surface area contributed by atoms with Crippen LogP contribution < -0.4 is 5.32 Å². The predicted octanol–water partition coefficient (Wildman–Crippen LogP) is 3.33. The van der Waals surface area contributed by atoms with Crippen molar-refractivity contribution >= 4 is 38.3 Å². The topological polar surface area (TPSA) is 101 Å². The van der Waals surface area contributed by atoms with Crippen molar-refractivity contribution < 1.29 is 27.9 Å². The van der Waals surface area contributed by atoms with Crippen molar-refractivity contribution in [2.45, 2.75) is 26.0 Å². The van der Waals surface area contributed by atoms with Gasteiger partial charge in [-0.05, 0) is 0 Å². The molecular formula is C25H24AsF2N3O4. The molecular weight excluding hydrogens is 519 g/mol. The summed E-state index contributed by atoms with van der Waals surface area (Å²) in [5.41, 5.74) is 3.42. The number of carbonyl (C=O) groups is 3. The van der Waals surface area contributed by atoms with Gasteiger partial charge in [0, 0.05) is 0 Å². The quantitative estimate of drug-likeness (QED) is 0.258. The van der Waals surface area contributed by atoms with Gasteiger partial charge in [0.2, 0.25) is 0 Å². The molecule has 3 rings (SSSR count). The Balaban J connectivity index is 1.79. The second-order valence-electron chi connectivity index (χ2n) is 7.85. The molecule has 2 N–H and O–H groups in total. The van der Waals surface area contributed by atoms with E-state index in [1.165, 1.54) is 31.6 Å². The van der Waals surface area contributed by atoms with Gasteiger partial charge in [0.05, 0.1) is 0 Å². The Bertz CT molecular complexity index is 1290. The number of aromatic amines is 1. The van der Waals surface area contributed by atoms with Crippen molar-refractivity contribution in [3.63, 3.8) is 0 Å². The SMILES string of the molecule is COC(=O)C(=Cc1[nH]cnc1C)NC(=O)c1c(C)cc(C(=O)[AsH]Cc2cc(F)cc(F)c2)cc1C. The summed E-state index contributed by atoms with van der Waals surface area (Å²) in [6.45, 7) is 5.14. The molecule has 0 bridgehead atoms. The third kappa shape index (κ3) is 6.51. The predicted molar refractivity (Wildman–Crippen MR) is 128 cm³/mol. The van der Waals surface area contributed by atoms with E-state index in [0.29, 0.717) is 44.4 Å². The van der Waals surface area contributed by atoms with Crippen LogP contribution >= 0.6 is 0 Å². The Morgan fingerprint density at radius 3 is 2.23 bits per heavy atom. The number of imidazole rings is 1. The molecule has 0 saturated carbocycles. The van der Waals surface area contributed by atoms with Crippen LogP contribution in [-0.2, 0) is 14.7 Å². The Labute approximate surface area is 207 Å². The zero-order valence-electron chi connectivity index (χ0n) is 19.6. The van der Waals surface area contributed by atoms with Crippen molar-refractivity contribution in [1.82, 2.24) is 15.3 Å². The maximum atomic E-state index is 13.4. The summed E-state index contributed by atoms with van der Waals surface area (Å²) in [7, 11) is 1.21. The minimum atomic E-state index is -1.23. The minimum absolute atomic E-state index is 0.0715. The molecule has 2 aromatic carbocycles. The van der Waals surface area contributed by atoms with Crippen molar-refractivity contribution in [2.75, 3.05) is 7.11 Å². The fourth-order valence-corrected chi connectivity index (χ4v) is 5.48. The van der Waals surface area contributed by atoms with Crippen LogP contribution in [-0.4, -0.2) is 49.3 Å². The molecule has 0 saturated heterocycles. The first-order valence-electron chi connectivity index (χ1n) is 10.5. The number of aromatic nitrogens is 2. The van der Waals surface area contributed by atoms with E-state index in [9.17, 15) is 23.2 Å². The van der Waals surface area contributed by atoms with Crippen molar-refractivity contribution in [3.8, 4) is 0 Å². The average Bonchev–Trinajstić information content (AvgIpc) is 3.19. The summed E-state index contributed by atoms with van der Waals surface area (Å²) in [5.74, 6) is -2.61. The second kappa shape index (κ2) is 11.2. The van der Waals surface area contributed by atoms with E-state index in [2.05, 4.69) is 15.3 Å². The molecule has 182 valence electrons. The third-order valence-corrected chi connectivity index (χ3v) is 7.71. The summed E-state index contributed by atoms with van der Waals surface area (Å²) in [6, 6.07) is 6.46. The Morgan fingerprint density at radius 1 is 1.06 bits per heavy atom. The van der Waals surface area contributed by atoms with E-state index in [-0.39, 0.29) is 10.3 Å². The van der Waals surface area contributed by atoms with Crippen LogP contribution in [0.2, 0.25) is 0 Å². The van der Waals surface area contributed by atoms with Crippen LogP contribution in [0.4, 0.5) is 8.78 Å². The van der Waals surface area contributed by atoms with E-state index >= 15 is 0 Å². The van der Waals surface area contributed by atoms with Gasteiger partial charge >= 0.3 is 208 Å². The van der Waals surface area contributed by atoms with Crippen LogP contribution in [0.3, 0.4) is 0 Å². The Kier molecular flexibility index (Phi) is 8.35. The van der Waals surface area contributed by atoms with Crippen molar-refractivity contribution in [2.24, 2.45) is 0 Å². The number of carbonyl (C=O) groups excluding carboxylic acids is 3. The molecule has 10 heteroatoms. The van der Waals surface area contributed by atoms with Gasteiger partial charge in [-0.3, -0.25) is 0 Å². The molecule has 7 nitrogen and oxygen atoms in total. The normalized spacial score (nSPS) is 11.7. The van der Waals surface area contributed by atoms with Crippen LogP contribution in [0, 0.1) is 32.4 Å². The number of hydrogen-bond donors (Lipinski definition) is 2. The molecule has 35 heavy (non-hydrogen) atoms. The molecule has 1 aromatic heterocycles. The van der Waals surface area contributed by atoms with Gasteiger partial charge in [0.1, 0.15) is 0 Å². The number of benzene rings is 2. The number of amides is 1. The van der Waals surface area contributed by atoms with Gasteiger partial charge < -0.3 is 0 Å². The summed E-state index contributed by atoms with van der Waals surface area (Å²) < 4.78 is 31.5. The molecule has 0 aliphatic rings. The van der Waals surface area contributed by atoms with E-state index in [4.69, 9.17) is 4.74 Å². The fourth-order valence-electron chi connectivity index (χ4n) is 3.55. The Morgan fingerprint density at radius 2 is 1.69 bits per heavy atom. The standard InChI is InChI=1S/C25H24AsF2N3O4/c1-13-5-17(23(32)26-11-16-7-18(27)9-19(28)8-16)6-14(2)22(13)24(33)31-21(25(34)35-4)10-20-15(3)29-12-30-20/h5-10,12,26H,11H2,1-4H3,(H,29,30)(H,31,33). The Hall–Kier alpha value is -3.58. The molecule has 1 heterocycles. The summed E-state index contributed by atoms with van der Waals surface area (Å²) in [5, 5.41) is 2.89. The number of rotatable bonds is 8. The van der Waals surface area contributed by atoms with Crippen LogP contribution in [0.1, 0.15) is 48.8 Å². The van der Waals surface area contributed by atoms with Crippen LogP contribution in [0.25, 0.3) is 6.08 Å². The van der Waals surface area contributed by atoms with Crippen molar-refractivity contribution in [3.05, 3.63) is 93.2 Å². The molecule has 1 amide bonds. The monoisotopic (exact) mass is 543 g/mol. The van der Waals surface area contributed by atoms with Gasteiger partial charge in [0.25, 0.3) is 0 Å². The molecule has 0 fully saturated rings. The van der Waals surface area contributed by atoms with Gasteiger partial charge in [-0.1, -0.05) is 0 Å². The van der Waals surface area contributed by atoms with E-state index in [1.807, 2.05) is 0 Å². The first-order chi connectivity index (χ1) is 16.6. The van der Waals surface area contributed by atoms with Gasteiger partial charge in [0.15, 0.2) is 0 Å². The summed E-state index contributed by atoms with van der Waals surface area (Å²) in [6.07, 6.45) is 2.91. The number of hydrogen-bond acceptors (Lipinski definition) is 5. The number of nitrogens with one attached hydrogen (secondary N) is 2. The first-order valence-corrected chi connectivity index (χ1v) is 13.1. The molecule has 0 radical (unpaired) electrons. The zero-order valence-corrected chi connectivity index (χ0v) is 21.7. The third-order valence-electron chi connectivity index (χ3n) is 5.21. The molecule has 1 atom stereocenters. The van der Waals surface area contributed by atoms with Gasteiger partial charge in [-0.25, -0.2) is 0 Å². The molecule has 0 aliphatic heterocycles. The number of aryl methyl sites for hydroxylation is 3. The molecule has 0 spiro atoms.